The maximum absolute atomic E-state index is 11.7. The van der Waals surface area contributed by atoms with Gasteiger partial charge in [-0.25, -0.2) is 4.98 Å². The van der Waals surface area contributed by atoms with Gasteiger partial charge in [-0.2, -0.15) is 0 Å². The van der Waals surface area contributed by atoms with Crippen molar-refractivity contribution in [2.45, 2.75) is 44.2 Å². The predicted molar refractivity (Wildman–Crippen MR) is 74.6 cm³/mol. The number of likely N-dealkylation sites (tertiary alicyclic amines) is 1. The summed E-state index contributed by atoms with van der Waals surface area (Å²) < 4.78 is 0. The molecule has 0 spiro atoms. The van der Waals surface area contributed by atoms with Crippen LogP contribution in [0.3, 0.4) is 0 Å². The van der Waals surface area contributed by atoms with Gasteiger partial charge in [0.1, 0.15) is 0 Å². The zero-order valence-corrected chi connectivity index (χ0v) is 11.9. The molecule has 0 aromatic carbocycles. The molecule has 1 aromatic rings. The van der Waals surface area contributed by atoms with E-state index in [2.05, 4.69) is 24.0 Å². The molecule has 0 N–H and O–H groups in total. The molecule has 0 radical (unpaired) electrons. The summed E-state index contributed by atoms with van der Waals surface area (Å²) in [6.45, 7) is 4.66. The molecule has 0 aliphatic carbocycles. The Morgan fingerprint density at radius 2 is 2.33 bits per heavy atom. The lowest BCUT2D eigenvalue weighted by molar-refractivity contribution is -0.132. The van der Waals surface area contributed by atoms with E-state index in [1.165, 1.54) is 12.0 Å². The average molecular weight is 264 g/mol. The maximum atomic E-state index is 11.7. The lowest BCUT2D eigenvalue weighted by Gasteiger charge is -2.35. The fourth-order valence-electron chi connectivity index (χ4n) is 2.48. The van der Waals surface area contributed by atoms with Crippen LogP contribution < -0.4 is 0 Å². The van der Waals surface area contributed by atoms with Crippen molar-refractivity contribution in [1.29, 1.82) is 0 Å². The van der Waals surface area contributed by atoms with E-state index >= 15 is 0 Å². The third-order valence-corrected chi connectivity index (χ3v) is 4.17. The molecule has 2 rings (SSSR count). The van der Waals surface area contributed by atoms with E-state index in [9.17, 15) is 4.79 Å². The molecule has 1 aromatic heterocycles. The molecule has 0 unspecified atom stereocenters. The van der Waals surface area contributed by atoms with Gasteiger partial charge in [0.05, 0.1) is 11.1 Å². The standard InChI is InChI=1S/C14H20N2OS/c1-3-18-14-8-7-12(10-15-14)13-6-4-5-9-16(13)11(2)17/h7-8,10,13H,3-6,9H2,1-2H3/t13-/m1/s1. The van der Waals surface area contributed by atoms with Crippen LogP contribution >= 0.6 is 11.8 Å². The Morgan fingerprint density at radius 1 is 1.50 bits per heavy atom. The van der Waals surface area contributed by atoms with E-state index < -0.39 is 0 Å². The van der Waals surface area contributed by atoms with Crippen molar-refractivity contribution in [2.75, 3.05) is 12.3 Å². The first-order valence-electron chi connectivity index (χ1n) is 6.58. The van der Waals surface area contributed by atoms with Gasteiger partial charge in [0.2, 0.25) is 5.91 Å². The molecule has 1 aliphatic heterocycles. The van der Waals surface area contributed by atoms with Crippen molar-refractivity contribution < 1.29 is 4.79 Å². The molecule has 1 aliphatic rings. The van der Waals surface area contributed by atoms with Crippen molar-refractivity contribution in [3.8, 4) is 0 Å². The van der Waals surface area contributed by atoms with Gasteiger partial charge in [-0.3, -0.25) is 4.79 Å². The zero-order chi connectivity index (χ0) is 13.0. The Kier molecular flexibility index (Phi) is 4.64. The van der Waals surface area contributed by atoms with Crippen LogP contribution in [0.25, 0.3) is 0 Å². The quantitative estimate of drug-likeness (QED) is 0.786. The van der Waals surface area contributed by atoms with Crippen molar-refractivity contribution in [1.82, 2.24) is 9.88 Å². The van der Waals surface area contributed by atoms with E-state index in [0.29, 0.717) is 0 Å². The van der Waals surface area contributed by atoms with Crippen LogP contribution in [0.1, 0.15) is 44.7 Å². The third-order valence-electron chi connectivity index (χ3n) is 3.34. The Hall–Kier alpha value is -1.03. The van der Waals surface area contributed by atoms with E-state index in [4.69, 9.17) is 0 Å². The highest BCUT2D eigenvalue weighted by molar-refractivity contribution is 7.99. The molecular weight excluding hydrogens is 244 g/mol. The van der Waals surface area contributed by atoms with Crippen molar-refractivity contribution in [2.24, 2.45) is 0 Å². The SMILES string of the molecule is CCSc1ccc([C@H]2CCCCN2C(C)=O)cn1. The van der Waals surface area contributed by atoms with Crippen LogP contribution in [-0.4, -0.2) is 28.1 Å². The number of rotatable bonds is 3. The molecule has 3 nitrogen and oxygen atoms in total. The molecule has 4 heteroatoms. The number of nitrogens with zero attached hydrogens (tertiary/aromatic N) is 2. The highest BCUT2D eigenvalue weighted by Gasteiger charge is 2.25. The highest BCUT2D eigenvalue weighted by atomic mass is 32.2. The number of aromatic nitrogens is 1. The first-order valence-corrected chi connectivity index (χ1v) is 7.57. The first kappa shape index (κ1) is 13.4. The van der Waals surface area contributed by atoms with Crippen LogP contribution in [-0.2, 0) is 4.79 Å². The number of carbonyl (C=O) groups is 1. The Balaban J connectivity index is 2.15. The van der Waals surface area contributed by atoms with E-state index in [1.54, 1.807) is 18.7 Å². The average Bonchev–Trinajstić information content (AvgIpc) is 2.40. The highest BCUT2D eigenvalue weighted by Crippen LogP contribution is 2.31. The van der Waals surface area contributed by atoms with Gasteiger partial charge in [0.25, 0.3) is 0 Å². The summed E-state index contributed by atoms with van der Waals surface area (Å²) in [5.74, 6) is 1.21. The number of hydrogen-bond donors (Lipinski definition) is 0. The molecule has 98 valence electrons. The van der Waals surface area contributed by atoms with Crippen LogP contribution in [0.4, 0.5) is 0 Å². The van der Waals surface area contributed by atoms with Crippen LogP contribution in [0.15, 0.2) is 23.4 Å². The Labute approximate surface area is 113 Å². The largest absolute Gasteiger partial charge is 0.336 e. The minimum Gasteiger partial charge on any atom is -0.336 e. The van der Waals surface area contributed by atoms with Gasteiger partial charge >= 0.3 is 0 Å². The monoisotopic (exact) mass is 264 g/mol. The second kappa shape index (κ2) is 6.23. The second-order valence-corrected chi connectivity index (χ2v) is 5.87. The smallest absolute Gasteiger partial charge is 0.219 e. The summed E-state index contributed by atoms with van der Waals surface area (Å²) in [4.78, 5) is 18.1. The summed E-state index contributed by atoms with van der Waals surface area (Å²) >= 11 is 1.75. The third kappa shape index (κ3) is 3.05. The predicted octanol–water partition coefficient (Wildman–Crippen LogP) is 3.27. The minimum absolute atomic E-state index is 0.173. The van der Waals surface area contributed by atoms with Gasteiger partial charge in [0, 0.05) is 19.7 Å². The number of amides is 1. The van der Waals surface area contributed by atoms with Crippen molar-refractivity contribution >= 4 is 17.7 Å². The summed E-state index contributed by atoms with van der Waals surface area (Å²) in [5, 5.41) is 1.06. The summed E-state index contributed by atoms with van der Waals surface area (Å²) in [7, 11) is 0. The topological polar surface area (TPSA) is 33.2 Å². The van der Waals surface area contributed by atoms with E-state index in [0.717, 1.165) is 30.2 Å². The van der Waals surface area contributed by atoms with Crippen molar-refractivity contribution in [3.63, 3.8) is 0 Å². The molecule has 0 saturated carbocycles. The number of hydrogen-bond acceptors (Lipinski definition) is 3. The Bertz CT molecular complexity index is 405. The molecule has 1 amide bonds. The van der Waals surface area contributed by atoms with E-state index in [1.807, 2.05) is 11.1 Å². The van der Waals surface area contributed by atoms with Crippen LogP contribution in [0.5, 0.6) is 0 Å². The molecule has 2 heterocycles. The van der Waals surface area contributed by atoms with Gasteiger partial charge in [-0.05, 0) is 36.6 Å². The number of carbonyl (C=O) groups excluding carboxylic acids is 1. The maximum Gasteiger partial charge on any atom is 0.219 e. The molecule has 1 saturated heterocycles. The van der Waals surface area contributed by atoms with Gasteiger partial charge in [0.15, 0.2) is 0 Å². The first-order chi connectivity index (χ1) is 8.72. The fourth-order valence-corrected chi connectivity index (χ4v) is 3.06. The number of thioether (sulfide) groups is 1. The summed E-state index contributed by atoms with van der Waals surface area (Å²) in [6, 6.07) is 4.41. The van der Waals surface area contributed by atoms with Crippen molar-refractivity contribution in [3.05, 3.63) is 23.9 Å². The van der Waals surface area contributed by atoms with Crippen LogP contribution in [0, 0.1) is 0 Å². The lowest BCUT2D eigenvalue weighted by atomic mass is 9.96. The zero-order valence-electron chi connectivity index (χ0n) is 11.1. The van der Waals surface area contributed by atoms with Gasteiger partial charge < -0.3 is 4.90 Å². The lowest BCUT2D eigenvalue weighted by Crippen LogP contribution is -2.36. The number of piperidine rings is 1. The fraction of sp³-hybridized carbons (Fsp3) is 0.571. The van der Waals surface area contributed by atoms with Crippen LogP contribution in [0.2, 0.25) is 0 Å². The molecule has 1 atom stereocenters. The molecule has 18 heavy (non-hydrogen) atoms. The minimum atomic E-state index is 0.173. The Morgan fingerprint density at radius 3 is 2.94 bits per heavy atom. The molecular formula is C14H20N2OS. The normalized spacial score (nSPS) is 19.9. The summed E-state index contributed by atoms with van der Waals surface area (Å²) in [5.41, 5.74) is 1.17. The summed E-state index contributed by atoms with van der Waals surface area (Å²) in [6.07, 6.45) is 5.30. The molecule has 0 bridgehead atoms. The van der Waals surface area contributed by atoms with E-state index in [-0.39, 0.29) is 11.9 Å². The van der Waals surface area contributed by atoms with Gasteiger partial charge in [-0.1, -0.05) is 13.0 Å². The second-order valence-electron chi connectivity index (χ2n) is 4.59. The number of pyridine rings is 1. The van der Waals surface area contributed by atoms with Gasteiger partial charge in [-0.15, -0.1) is 11.8 Å². The molecule has 1 fully saturated rings.